The molecule has 23 heavy (non-hydrogen) atoms. The third kappa shape index (κ3) is 4.12. The second kappa shape index (κ2) is 7.62. The fourth-order valence-electron chi connectivity index (χ4n) is 3.67. The van der Waals surface area contributed by atoms with Crippen molar-refractivity contribution in [3.63, 3.8) is 0 Å². The van der Waals surface area contributed by atoms with Crippen molar-refractivity contribution in [3.05, 3.63) is 35.9 Å². The molecule has 1 aromatic rings. The van der Waals surface area contributed by atoms with Crippen molar-refractivity contribution in [3.8, 4) is 0 Å². The summed E-state index contributed by atoms with van der Waals surface area (Å²) in [7, 11) is 0. The Labute approximate surface area is 138 Å². The van der Waals surface area contributed by atoms with Crippen LogP contribution in [0.3, 0.4) is 0 Å². The van der Waals surface area contributed by atoms with E-state index in [1.165, 1.54) is 19.3 Å². The summed E-state index contributed by atoms with van der Waals surface area (Å²) in [4.78, 5) is 28.8. The molecule has 0 unspecified atom stereocenters. The quantitative estimate of drug-likeness (QED) is 0.860. The van der Waals surface area contributed by atoms with Crippen LogP contribution in [0.2, 0.25) is 0 Å². The Morgan fingerprint density at radius 1 is 0.870 bits per heavy atom. The molecule has 2 amide bonds. The van der Waals surface area contributed by atoms with Crippen molar-refractivity contribution in [1.82, 2.24) is 9.80 Å². The zero-order valence-electron chi connectivity index (χ0n) is 13.7. The van der Waals surface area contributed by atoms with Gasteiger partial charge in [0.05, 0.1) is 6.42 Å². The molecule has 1 heterocycles. The van der Waals surface area contributed by atoms with Gasteiger partial charge in [-0.2, -0.15) is 0 Å². The maximum Gasteiger partial charge on any atom is 0.227 e. The van der Waals surface area contributed by atoms with Gasteiger partial charge in [-0.15, -0.1) is 0 Å². The predicted octanol–water partition coefficient (Wildman–Crippen LogP) is 2.48. The monoisotopic (exact) mass is 314 g/mol. The molecule has 0 N–H and O–H groups in total. The van der Waals surface area contributed by atoms with E-state index in [9.17, 15) is 9.59 Å². The lowest BCUT2D eigenvalue weighted by Crippen LogP contribution is -2.52. The molecule has 1 aromatic carbocycles. The lowest BCUT2D eigenvalue weighted by atomic mass is 9.88. The number of rotatable bonds is 3. The Morgan fingerprint density at radius 2 is 1.48 bits per heavy atom. The van der Waals surface area contributed by atoms with E-state index in [0.29, 0.717) is 38.5 Å². The van der Waals surface area contributed by atoms with Gasteiger partial charge in [0.1, 0.15) is 0 Å². The molecule has 1 aliphatic carbocycles. The number of nitrogens with zero attached hydrogens (tertiary/aromatic N) is 2. The van der Waals surface area contributed by atoms with Crippen LogP contribution in [-0.2, 0) is 16.0 Å². The lowest BCUT2D eigenvalue weighted by molar-refractivity contribution is -0.142. The van der Waals surface area contributed by atoms with E-state index in [-0.39, 0.29) is 11.8 Å². The zero-order valence-corrected chi connectivity index (χ0v) is 13.7. The van der Waals surface area contributed by atoms with Gasteiger partial charge in [-0.05, 0) is 18.4 Å². The van der Waals surface area contributed by atoms with E-state index >= 15 is 0 Å². The molecule has 1 aliphatic heterocycles. The summed E-state index contributed by atoms with van der Waals surface area (Å²) >= 11 is 0. The molecular weight excluding hydrogens is 288 g/mol. The van der Waals surface area contributed by atoms with E-state index in [1.807, 2.05) is 40.1 Å². The molecule has 124 valence electrons. The summed E-state index contributed by atoms with van der Waals surface area (Å²) in [5, 5.41) is 0. The van der Waals surface area contributed by atoms with Crippen molar-refractivity contribution in [2.24, 2.45) is 5.92 Å². The van der Waals surface area contributed by atoms with Crippen LogP contribution in [0.15, 0.2) is 30.3 Å². The molecule has 0 aromatic heterocycles. The molecule has 3 rings (SSSR count). The largest absolute Gasteiger partial charge is 0.339 e. The summed E-state index contributed by atoms with van der Waals surface area (Å²) in [5.74, 6) is 0.719. The van der Waals surface area contributed by atoms with E-state index < -0.39 is 0 Å². The molecular formula is C19H26N2O2. The number of carbonyl (C=O) groups excluding carboxylic acids is 2. The smallest absolute Gasteiger partial charge is 0.227 e. The van der Waals surface area contributed by atoms with Crippen molar-refractivity contribution in [2.75, 3.05) is 26.2 Å². The molecule has 0 spiro atoms. The molecule has 1 saturated heterocycles. The highest BCUT2D eigenvalue weighted by molar-refractivity contribution is 5.81. The third-order valence-electron chi connectivity index (χ3n) is 5.10. The van der Waals surface area contributed by atoms with Crippen LogP contribution in [0.4, 0.5) is 0 Å². The van der Waals surface area contributed by atoms with Gasteiger partial charge in [0.25, 0.3) is 0 Å². The Kier molecular flexibility index (Phi) is 5.31. The van der Waals surface area contributed by atoms with Crippen LogP contribution < -0.4 is 0 Å². The van der Waals surface area contributed by atoms with Crippen LogP contribution in [-0.4, -0.2) is 47.8 Å². The van der Waals surface area contributed by atoms with Crippen LogP contribution in [0.1, 0.15) is 37.7 Å². The van der Waals surface area contributed by atoms with Crippen molar-refractivity contribution in [2.45, 2.75) is 38.5 Å². The first-order valence-electron chi connectivity index (χ1n) is 8.84. The lowest BCUT2D eigenvalue weighted by Gasteiger charge is -2.37. The topological polar surface area (TPSA) is 40.6 Å². The first-order valence-corrected chi connectivity index (χ1v) is 8.84. The Balaban J connectivity index is 1.48. The first kappa shape index (κ1) is 16.0. The maximum atomic E-state index is 12.5. The van der Waals surface area contributed by atoms with Gasteiger partial charge < -0.3 is 9.80 Å². The highest BCUT2D eigenvalue weighted by Gasteiger charge is 2.29. The van der Waals surface area contributed by atoms with Crippen LogP contribution >= 0.6 is 0 Å². The molecule has 0 radical (unpaired) electrons. The van der Waals surface area contributed by atoms with Crippen molar-refractivity contribution in [1.29, 1.82) is 0 Å². The maximum absolute atomic E-state index is 12.5. The normalized spacial score (nSPS) is 19.7. The minimum atomic E-state index is 0.168. The van der Waals surface area contributed by atoms with Crippen molar-refractivity contribution >= 4 is 11.8 Å². The average molecular weight is 314 g/mol. The van der Waals surface area contributed by atoms with E-state index in [2.05, 4.69) is 0 Å². The summed E-state index contributed by atoms with van der Waals surface area (Å²) < 4.78 is 0. The molecule has 1 saturated carbocycles. The summed E-state index contributed by atoms with van der Waals surface area (Å²) in [5.41, 5.74) is 1.05. The Hall–Kier alpha value is -1.84. The average Bonchev–Trinajstić information content (AvgIpc) is 2.63. The van der Waals surface area contributed by atoms with Gasteiger partial charge in [0.2, 0.25) is 11.8 Å². The number of hydrogen-bond acceptors (Lipinski definition) is 2. The van der Waals surface area contributed by atoms with Gasteiger partial charge in [-0.1, -0.05) is 49.6 Å². The highest BCUT2D eigenvalue weighted by atomic mass is 16.2. The number of carbonyl (C=O) groups is 2. The van der Waals surface area contributed by atoms with Crippen LogP contribution in [0.25, 0.3) is 0 Å². The second-order valence-electron chi connectivity index (χ2n) is 6.70. The fraction of sp³-hybridized carbons (Fsp3) is 0.579. The van der Waals surface area contributed by atoms with Gasteiger partial charge in [-0.3, -0.25) is 9.59 Å². The van der Waals surface area contributed by atoms with Gasteiger partial charge in [0, 0.05) is 32.1 Å². The summed E-state index contributed by atoms with van der Waals surface area (Å²) in [6, 6.07) is 9.86. The molecule has 2 aliphatic rings. The minimum absolute atomic E-state index is 0.168. The zero-order chi connectivity index (χ0) is 16.1. The SMILES string of the molecule is O=C(Cc1ccccc1)N1CCN(C(=O)C2CCCCC2)CC1. The van der Waals surface area contributed by atoms with Gasteiger partial charge >= 0.3 is 0 Å². The summed E-state index contributed by atoms with van der Waals surface area (Å²) in [6.45, 7) is 2.72. The third-order valence-corrected chi connectivity index (χ3v) is 5.10. The number of benzene rings is 1. The van der Waals surface area contributed by atoms with E-state index in [0.717, 1.165) is 18.4 Å². The van der Waals surface area contributed by atoms with Crippen LogP contribution in [0.5, 0.6) is 0 Å². The molecule has 4 nitrogen and oxygen atoms in total. The standard InChI is InChI=1S/C19H26N2O2/c22-18(15-16-7-3-1-4-8-16)20-11-13-21(14-12-20)19(23)17-9-5-2-6-10-17/h1,3-4,7-8,17H,2,5-6,9-15H2. The Bertz CT molecular complexity index is 530. The number of hydrogen-bond donors (Lipinski definition) is 0. The molecule has 0 bridgehead atoms. The summed E-state index contributed by atoms with van der Waals surface area (Å²) in [6.07, 6.45) is 6.19. The van der Waals surface area contributed by atoms with E-state index in [4.69, 9.17) is 0 Å². The molecule has 0 atom stereocenters. The number of amides is 2. The molecule has 2 fully saturated rings. The molecule has 4 heteroatoms. The second-order valence-corrected chi connectivity index (χ2v) is 6.70. The highest BCUT2D eigenvalue weighted by Crippen LogP contribution is 2.25. The van der Waals surface area contributed by atoms with Crippen molar-refractivity contribution < 1.29 is 9.59 Å². The fourth-order valence-corrected chi connectivity index (χ4v) is 3.67. The predicted molar refractivity (Wildman–Crippen MR) is 89.9 cm³/mol. The van der Waals surface area contributed by atoms with Gasteiger partial charge in [-0.25, -0.2) is 0 Å². The van der Waals surface area contributed by atoms with Gasteiger partial charge in [0.15, 0.2) is 0 Å². The van der Waals surface area contributed by atoms with Crippen LogP contribution in [0, 0.1) is 5.92 Å². The Morgan fingerprint density at radius 3 is 2.13 bits per heavy atom. The van der Waals surface area contributed by atoms with E-state index in [1.54, 1.807) is 0 Å². The minimum Gasteiger partial charge on any atom is -0.339 e. The number of piperazine rings is 1. The first-order chi connectivity index (χ1) is 11.2.